The lowest BCUT2D eigenvalue weighted by atomic mass is 9.79. The van der Waals surface area contributed by atoms with Crippen LogP contribution in [0.25, 0.3) is 21.0 Å². The fraction of sp³-hybridized carbons (Fsp3) is 0.304. The van der Waals surface area contributed by atoms with E-state index in [9.17, 15) is 0 Å². The van der Waals surface area contributed by atoms with Crippen molar-refractivity contribution in [1.82, 2.24) is 4.57 Å². The van der Waals surface area contributed by atoms with Crippen molar-refractivity contribution in [2.24, 2.45) is 7.05 Å². The van der Waals surface area contributed by atoms with Gasteiger partial charge in [-0.15, -0.1) is 11.3 Å². The third kappa shape index (κ3) is 2.90. The van der Waals surface area contributed by atoms with Gasteiger partial charge < -0.3 is 9.47 Å². The van der Waals surface area contributed by atoms with Crippen molar-refractivity contribution < 1.29 is 0 Å². The van der Waals surface area contributed by atoms with Crippen molar-refractivity contribution in [3.63, 3.8) is 0 Å². The lowest BCUT2D eigenvalue weighted by molar-refractivity contribution is 0.532. The average Bonchev–Trinajstić information content (AvgIpc) is 3.16. The Kier molecular flexibility index (Phi) is 4.07. The zero-order valence-corrected chi connectivity index (χ0v) is 17.0. The summed E-state index contributed by atoms with van der Waals surface area (Å²) in [6.07, 6.45) is 3.21. The minimum absolute atomic E-state index is 0.0894. The van der Waals surface area contributed by atoms with E-state index < -0.39 is 0 Å². The smallest absolute Gasteiger partial charge is 0.0480 e. The molecule has 26 heavy (non-hydrogen) atoms. The molecule has 0 saturated heterocycles. The maximum Gasteiger partial charge on any atom is 0.0480 e. The quantitative estimate of drug-likeness (QED) is 0.433. The van der Waals surface area contributed by atoms with Crippen LogP contribution in [0.2, 0.25) is 0 Å². The molecule has 3 heteroatoms. The number of rotatable bonds is 4. The summed E-state index contributed by atoms with van der Waals surface area (Å²) in [4.78, 5) is 3.62. The monoisotopic (exact) mass is 362 g/mol. The number of aryl methyl sites for hydroxylation is 1. The molecule has 4 aromatic rings. The van der Waals surface area contributed by atoms with E-state index >= 15 is 0 Å². The molecule has 2 aromatic heterocycles. The molecule has 0 atom stereocenters. The molecule has 0 N–H and O–H groups in total. The van der Waals surface area contributed by atoms with Gasteiger partial charge in [-0.1, -0.05) is 26.0 Å². The van der Waals surface area contributed by atoms with E-state index in [4.69, 9.17) is 0 Å². The highest BCUT2D eigenvalue weighted by molar-refractivity contribution is 7.19. The van der Waals surface area contributed by atoms with E-state index in [1.165, 1.54) is 37.1 Å². The molecule has 0 amide bonds. The minimum Gasteiger partial charge on any atom is -0.378 e. The van der Waals surface area contributed by atoms with Crippen LogP contribution >= 0.6 is 11.3 Å². The van der Waals surface area contributed by atoms with Crippen LogP contribution in [0.3, 0.4) is 0 Å². The second-order valence-electron chi connectivity index (χ2n) is 8.05. The summed E-state index contributed by atoms with van der Waals surface area (Å²) >= 11 is 1.93. The van der Waals surface area contributed by atoms with Gasteiger partial charge in [-0.25, -0.2) is 0 Å². The van der Waals surface area contributed by atoms with E-state index in [0.29, 0.717) is 0 Å². The topological polar surface area (TPSA) is 8.17 Å². The Bertz CT molecular complexity index is 1080. The second-order valence-corrected chi connectivity index (χ2v) is 9.22. The maximum atomic E-state index is 2.37. The molecule has 0 bridgehead atoms. The zero-order valence-electron chi connectivity index (χ0n) is 16.2. The van der Waals surface area contributed by atoms with Gasteiger partial charge in [0.05, 0.1) is 0 Å². The van der Waals surface area contributed by atoms with Crippen molar-refractivity contribution in [3.05, 3.63) is 65.2 Å². The van der Waals surface area contributed by atoms with Gasteiger partial charge in [0.2, 0.25) is 0 Å². The van der Waals surface area contributed by atoms with Gasteiger partial charge in [0, 0.05) is 53.5 Å². The zero-order chi connectivity index (χ0) is 18.5. The molecular weight excluding hydrogens is 336 g/mol. The normalized spacial score (nSPS) is 12.2. The summed E-state index contributed by atoms with van der Waals surface area (Å²) in [6.45, 7) is 4.73. The van der Waals surface area contributed by atoms with Crippen LogP contribution in [0.15, 0.2) is 54.7 Å². The molecule has 0 radical (unpaired) electrons. The predicted octanol–water partition coefficient (Wildman–Crippen LogP) is 5.98. The minimum atomic E-state index is 0.0894. The molecule has 0 aliphatic rings. The summed E-state index contributed by atoms with van der Waals surface area (Å²) in [5.74, 6) is 0. The molecule has 134 valence electrons. The Hall–Kier alpha value is -2.26. The fourth-order valence-electron chi connectivity index (χ4n) is 3.87. The molecule has 2 aromatic carbocycles. The number of anilines is 1. The van der Waals surface area contributed by atoms with Crippen molar-refractivity contribution in [2.75, 3.05) is 19.0 Å². The van der Waals surface area contributed by atoms with Gasteiger partial charge in [-0.05, 0) is 59.2 Å². The number of hydrogen-bond donors (Lipinski definition) is 0. The number of fused-ring (bicyclic) bond motifs is 2. The number of hydrogen-bond acceptors (Lipinski definition) is 2. The van der Waals surface area contributed by atoms with E-state index in [-0.39, 0.29) is 5.41 Å². The Labute approximate surface area is 159 Å². The van der Waals surface area contributed by atoms with Gasteiger partial charge >= 0.3 is 0 Å². The van der Waals surface area contributed by atoms with Crippen LogP contribution < -0.4 is 4.90 Å². The van der Waals surface area contributed by atoms with Gasteiger partial charge in [-0.2, -0.15) is 0 Å². The molecule has 0 spiro atoms. The molecule has 0 fully saturated rings. The van der Waals surface area contributed by atoms with Crippen LogP contribution in [0.5, 0.6) is 0 Å². The molecule has 2 heterocycles. The highest BCUT2D eigenvalue weighted by Gasteiger charge is 2.25. The van der Waals surface area contributed by atoms with Crippen LogP contribution in [-0.2, 0) is 18.9 Å². The summed E-state index contributed by atoms with van der Waals surface area (Å²) in [5, 5.41) is 2.72. The van der Waals surface area contributed by atoms with Gasteiger partial charge in [0.1, 0.15) is 0 Å². The average molecular weight is 363 g/mol. The second kappa shape index (κ2) is 6.17. The predicted molar refractivity (Wildman–Crippen MR) is 116 cm³/mol. The van der Waals surface area contributed by atoms with Crippen molar-refractivity contribution in [1.29, 1.82) is 0 Å². The van der Waals surface area contributed by atoms with E-state index in [2.05, 4.69) is 99.2 Å². The Morgan fingerprint density at radius 2 is 1.85 bits per heavy atom. The first-order chi connectivity index (χ1) is 12.3. The van der Waals surface area contributed by atoms with Crippen LogP contribution in [0.4, 0.5) is 5.69 Å². The van der Waals surface area contributed by atoms with Crippen LogP contribution in [0, 0.1) is 0 Å². The molecule has 0 unspecified atom stereocenters. The molecular formula is C23H26N2S. The van der Waals surface area contributed by atoms with Crippen molar-refractivity contribution in [3.8, 4) is 0 Å². The van der Waals surface area contributed by atoms with E-state index in [1.807, 2.05) is 11.3 Å². The third-order valence-corrected chi connectivity index (χ3v) is 6.46. The van der Waals surface area contributed by atoms with Crippen LogP contribution in [0.1, 0.15) is 24.3 Å². The van der Waals surface area contributed by atoms with E-state index in [1.54, 1.807) is 0 Å². The van der Waals surface area contributed by atoms with E-state index in [0.717, 1.165) is 6.42 Å². The Balaban J connectivity index is 1.72. The molecule has 2 nitrogen and oxygen atoms in total. The molecule has 4 rings (SSSR count). The lowest BCUT2D eigenvalue weighted by Crippen LogP contribution is -2.20. The highest BCUT2D eigenvalue weighted by atomic mass is 32.1. The van der Waals surface area contributed by atoms with Gasteiger partial charge in [0.15, 0.2) is 0 Å². The van der Waals surface area contributed by atoms with Crippen molar-refractivity contribution in [2.45, 2.75) is 25.7 Å². The van der Waals surface area contributed by atoms with Gasteiger partial charge in [-0.3, -0.25) is 0 Å². The first-order valence-electron chi connectivity index (χ1n) is 9.09. The summed E-state index contributed by atoms with van der Waals surface area (Å²) in [7, 11) is 6.31. The molecule has 0 aliphatic heterocycles. The maximum absolute atomic E-state index is 2.37. The summed E-state index contributed by atoms with van der Waals surface area (Å²) in [5.41, 5.74) is 4.09. The molecule has 0 saturated carbocycles. The number of thiophene rings is 1. The summed E-state index contributed by atoms with van der Waals surface area (Å²) < 4.78 is 3.58. The molecule has 0 aliphatic carbocycles. The standard InChI is InChI=1S/C23H26N2S/c1-23(2,20-7-6-8-21-19(20)11-12-25(21)5)15-18-14-16-13-17(24(3)4)9-10-22(16)26-18/h6-14H,15H2,1-5H3. The SMILES string of the molecule is CN(C)c1ccc2sc(CC(C)(C)c3cccc4c3ccn4C)cc2c1. The summed E-state index contributed by atoms with van der Waals surface area (Å²) in [6, 6.07) is 18.1. The number of benzene rings is 2. The highest BCUT2D eigenvalue weighted by Crippen LogP contribution is 2.37. The van der Waals surface area contributed by atoms with Gasteiger partial charge in [0.25, 0.3) is 0 Å². The first-order valence-corrected chi connectivity index (χ1v) is 9.91. The Morgan fingerprint density at radius 3 is 2.62 bits per heavy atom. The lowest BCUT2D eigenvalue weighted by Gasteiger charge is -2.25. The fourth-order valence-corrected chi connectivity index (χ4v) is 5.15. The number of nitrogens with zero attached hydrogens (tertiary/aromatic N) is 2. The van der Waals surface area contributed by atoms with Crippen molar-refractivity contribution >= 4 is 38.0 Å². The largest absolute Gasteiger partial charge is 0.378 e. The number of aromatic nitrogens is 1. The Morgan fingerprint density at radius 1 is 1.04 bits per heavy atom. The first kappa shape index (κ1) is 17.2. The third-order valence-electron chi connectivity index (χ3n) is 5.34. The van der Waals surface area contributed by atoms with Crippen LogP contribution in [-0.4, -0.2) is 18.7 Å².